The molecular formula is C22H25N3O2S. The first-order valence-electron chi connectivity index (χ1n) is 9.47. The molecule has 1 aliphatic rings. The topological polar surface area (TPSA) is 67.0 Å². The van der Waals surface area contributed by atoms with Crippen LogP contribution in [0.15, 0.2) is 48.2 Å². The third-order valence-electron chi connectivity index (χ3n) is 4.56. The van der Waals surface area contributed by atoms with Crippen molar-refractivity contribution < 1.29 is 8.95 Å². The van der Waals surface area contributed by atoms with E-state index < -0.39 is 11.0 Å². The third-order valence-corrected chi connectivity index (χ3v) is 5.08. The van der Waals surface area contributed by atoms with Crippen molar-refractivity contribution in [2.75, 3.05) is 12.9 Å². The van der Waals surface area contributed by atoms with Gasteiger partial charge in [-0.1, -0.05) is 25.2 Å². The van der Waals surface area contributed by atoms with E-state index in [-0.39, 0.29) is 0 Å². The average molecular weight is 396 g/mol. The molecule has 2 aromatic rings. The zero-order valence-electron chi connectivity index (χ0n) is 16.5. The molecule has 146 valence electrons. The molecule has 1 aromatic carbocycles. The largest absolute Gasteiger partial charge is 0.494 e. The van der Waals surface area contributed by atoms with E-state index in [9.17, 15) is 9.47 Å². The molecule has 6 heteroatoms. The summed E-state index contributed by atoms with van der Waals surface area (Å²) >= 11 is 0. The Morgan fingerprint density at radius 2 is 2.11 bits per heavy atom. The second kappa shape index (κ2) is 8.94. The minimum Gasteiger partial charge on any atom is -0.494 e. The molecule has 28 heavy (non-hydrogen) atoms. The quantitative estimate of drug-likeness (QED) is 0.754. The molecule has 0 fully saturated rings. The Labute approximate surface area is 168 Å². The van der Waals surface area contributed by atoms with Crippen LogP contribution in [-0.4, -0.2) is 21.6 Å². The van der Waals surface area contributed by atoms with E-state index in [2.05, 4.69) is 28.4 Å². The first kappa shape index (κ1) is 20.0. The predicted octanol–water partition coefficient (Wildman–Crippen LogP) is 4.43. The Morgan fingerprint density at radius 3 is 2.79 bits per heavy atom. The van der Waals surface area contributed by atoms with Crippen molar-refractivity contribution in [2.24, 2.45) is 0 Å². The fourth-order valence-electron chi connectivity index (χ4n) is 3.50. The van der Waals surface area contributed by atoms with E-state index in [1.165, 1.54) is 0 Å². The molecule has 0 aliphatic heterocycles. The fraction of sp³-hybridized carbons (Fsp3) is 0.318. The van der Waals surface area contributed by atoms with Gasteiger partial charge < -0.3 is 14.0 Å². The Hall–Kier alpha value is -2.78. The Bertz CT molecular complexity index is 1040. The first-order chi connectivity index (χ1) is 13.6. The van der Waals surface area contributed by atoms with Gasteiger partial charge in [0.05, 0.1) is 23.4 Å². The van der Waals surface area contributed by atoms with Crippen molar-refractivity contribution >= 4 is 27.5 Å². The number of nitrogens with one attached hydrogen (secondary N) is 1. The summed E-state index contributed by atoms with van der Waals surface area (Å²) in [4.78, 5) is 0. The number of aromatic nitrogens is 1. The number of hydrogen-bond donors (Lipinski definition) is 1. The Kier molecular flexibility index (Phi) is 6.37. The summed E-state index contributed by atoms with van der Waals surface area (Å²) in [6.07, 6.45) is 11.3. The number of nitrogens with zero attached hydrogens (tertiary/aromatic N) is 2. The van der Waals surface area contributed by atoms with Gasteiger partial charge in [-0.15, -0.1) is 0 Å². The highest BCUT2D eigenvalue weighted by Gasteiger charge is 2.20. The number of hydrogen-bond acceptors (Lipinski definition) is 3. The van der Waals surface area contributed by atoms with Crippen molar-refractivity contribution in [3.05, 3.63) is 59.5 Å². The highest BCUT2D eigenvalue weighted by Crippen LogP contribution is 2.34. The van der Waals surface area contributed by atoms with E-state index in [1.807, 2.05) is 43.4 Å². The van der Waals surface area contributed by atoms with Crippen LogP contribution in [0.1, 0.15) is 37.9 Å². The van der Waals surface area contributed by atoms with Crippen LogP contribution in [0.5, 0.6) is 5.75 Å². The second-order valence-electron chi connectivity index (χ2n) is 6.54. The normalized spacial score (nSPS) is 14.8. The molecule has 1 aromatic heterocycles. The van der Waals surface area contributed by atoms with E-state index in [4.69, 9.17) is 4.74 Å². The van der Waals surface area contributed by atoms with Gasteiger partial charge in [0.2, 0.25) is 0 Å². The van der Waals surface area contributed by atoms with Crippen LogP contribution in [0.3, 0.4) is 0 Å². The Morgan fingerprint density at radius 1 is 1.29 bits per heavy atom. The number of ether oxygens (including phenoxy) is 1. The summed E-state index contributed by atoms with van der Waals surface area (Å²) in [7, 11) is -1.12. The maximum atomic E-state index is 11.5. The molecule has 0 saturated carbocycles. The van der Waals surface area contributed by atoms with Gasteiger partial charge in [0, 0.05) is 30.0 Å². The molecule has 1 aliphatic carbocycles. The molecule has 5 nitrogen and oxygen atoms in total. The average Bonchev–Trinajstić information content (AvgIpc) is 2.80. The van der Waals surface area contributed by atoms with Gasteiger partial charge >= 0.3 is 0 Å². The molecule has 1 heterocycles. The van der Waals surface area contributed by atoms with Gasteiger partial charge in [-0.05, 0) is 43.5 Å². The highest BCUT2D eigenvalue weighted by atomic mass is 32.2. The molecule has 0 amide bonds. The number of aryl methyl sites for hydroxylation is 1. The monoisotopic (exact) mass is 395 g/mol. The molecule has 1 N–H and O–H groups in total. The smallest absolute Gasteiger partial charge is 0.121 e. The van der Waals surface area contributed by atoms with E-state index >= 15 is 0 Å². The molecule has 0 spiro atoms. The zero-order valence-corrected chi connectivity index (χ0v) is 17.3. The summed E-state index contributed by atoms with van der Waals surface area (Å²) in [5.74, 6) is 0.810. The minimum atomic E-state index is -1.12. The van der Waals surface area contributed by atoms with Crippen molar-refractivity contribution in [1.82, 2.24) is 9.29 Å². The number of nitriles is 1. The lowest BCUT2D eigenvalue weighted by Gasteiger charge is -2.11. The van der Waals surface area contributed by atoms with Crippen LogP contribution in [0, 0.1) is 11.3 Å². The minimum absolute atomic E-state index is 0.603. The van der Waals surface area contributed by atoms with Crippen LogP contribution >= 0.6 is 0 Å². The summed E-state index contributed by atoms with van der Waals surface area (Å²) in [6, 6.07) is 8.33. The molecule has 0 bridgehead atoms. The van der Waals surface area contributed by atoms with Gasteiger partial charge in [-0.2, -0.15) is 5.26 Å². The van der Waals surface area contributed by atoms with Crippen LogP contribution in [0.25, 0.3) is 16.5 Å². The zero-order chi connectivity index (χ0) is 20.1. The van der Waals surface area contributed by atoms with Gasteiger partial charge in [-0.25, -0.2) is 4.21 Å². The maximum Gasteiger partial charge on any atom is 0.121 e. The summed E-state index contributed by atoms with van der Waals surface area (Å²) < 4.78 is 22.3. The highest BCUT2D eigenvalue weighted by molar-refractivity contribution is 7.82. The number of fused-ring (bicyclic) bond motifs is 1. The van der Waals surface area contributed by atoms with Crippen molar-refractivity contribution in [2.45, 2.75) is 33.2 Å². The second-order valence-corrected chi connectivity index (χ2v) is 7.66. The lowest BCUT2D eigenvalue weighted by molar-refractivity contribution is 0.340. The van der Waals surface area contributed by atoms with Gasteiger partial charge in [0.15, 0.2) is 0 Å². The van der Waals surface area contributed by atoms with Gasteiger partial charge in [0.25, 0.3) is 0 Å². The molecule has 1 unspecified atom stereocenters. The van der Waals surface area contributed by atoms with E-state index in [0.717, 1.165) is 46.6 Å². The van der Waals surface area contributed by atoms with Crippen molar-refractivity contribution in [3.8, 4) is 11.8 Å². The first-order valence-corrected chi connectivity index (χ1v) is 11.0. The Balaban J connectivity index is 2.14. The summed E-state index contributed by atoms with van der Waals surface area (Å²) in [5.41, 5.74) is 4.43. The number of benzene rings is 1. The molecule has 0 saturated heterocycles. The molecule has 3 rings (SSSR count). The SMILES string of the molecule is CCCn1c(C2=CCC=C(NS(C)=O)C=C2)c(C#N)c2ccc(OCC)cc21. The van der Waals surface area contributed by atoms with E-state index in [0.29, 0.717) is 18.6 Å². The lowest BCUT2D eigenvalue weighted by Crippen LogP contribution is -2.13. The maximum absolute atomic E-state index is 11.5. The van der Waals surface area contributed by atoms with Gasteiger partial charge in [-0.3, -0.25) is 0 Å². The summed E-state index contributed by atoms with van der Waals surface area (Å²) in [6.45, 7) is 5.51. The third kappa shape index (κ3) is 4.05. The molecule has 1 atom stereocenters. The number of rotatable bonds is 7. The van der Waals surface area contributed by atoms with Crippen molar-refractivity contribution in [3.63, 3.8) is 0 Å². The van der Waals surface area contributed by atoms with Crippen LogP contribution in [0.2, 0.25) is 0 Å². The van der Waals surface area contributed by atoms with Crippen LogP contribution in [0.4, 0.5) is 0 Å². The number of allylic oxidation sites excluding steroid dienone is 5. The van der Waals surface area contributed by atoms with Gasteiger partial charge in [0.1, 0.15) is 22.8 Å². The van der Waals surface area contributed by atoms with Crippen LogP contribution < -0.4 is 9.46 Å². The van der Waals surface area contributed by atoms with Crippen molar-refractivity contribution in [1.29, 1.82) is 5.26 Å². The molecular weight excluding hydrogens is 370 g/mol. The standard InChI is InChI=1S/C22H25N3O2S/c1-4-13-25-21-14-18(27-5-2)11-12-19(21)20(15-23)22(25)16-7-6-8-17(10-9-16)24-28(3)26/h7-12,14,24H,4-6,13H2,1-3H3. The van der Waals surface area contributed by atoms with E-state index in [1.54, 1.807) is 6.26 Å². The lowest BCUT2D eigenvalue weighted by atomic mass is 10.1. The predicted molar refractivity (Wildman–Crippen MR) is 115 cm³/mol. The summed E-state index contributed by atoms with van der Waals surface area (Å²) in [5, 5.41) is 10.9. The molecule has 0 radical (unpaired) electrons. The van der Waals surface area contributed by atoms with Crippen LogP contribution in [-0.2, 0) is 17.5 Å². The fourth-order valence-corrected chi connectivity index (χ4v) is 3.98.